The summed E-state index contributed by atoms with van der Waals surface area (Å²) in [5, 5.41) is 23.9. The topological polar surface area (TPSA) is 181 Å². The molecule has 52 heavy (non-hydrogen) atoms. The first-order valence-electron chi connectivity index (χ1n) is 15.9. The standard InChI is InChI=1S/C20H18O10.C19H21NOS/c1-27-13-7-3-11(4-8-13)17(23)29-19(25)15(21)16(22)20(26)30-18(24)12-5-9-14(28-2)10-6-12;1-19(2,20)13-17(18-11-6-12-22-18)21-16-10-5-8-14-7-3-4-9-15(14)16/h3-10,15-16,21-22H,1-2H3;3-12,17H,13,20H2,1-2H3. The molecule has 0 amide bonds. The van der Waals surface area contributed by atoms with Crippen molar-refractivity contribution in [1.29, 1.82) is 0 Å². The van der Waals surface area contributed by atoms with Crippen LogP contribution in [0.4, 0.5) is 0 Å². The van der Waals surface area contributed by atoms with Crippen LogP contribution in [0.1, 0.15) is 52.0 Å². The van der Waals surface area contributed by atoms with Crippen LogP contribution in [0.15, 0.2) is 109 Å². The lowest BCUT2D eigenvalue weighted by Gasteiger charge is -2.26. The molecule has 5 rings (SSSR count). The van der Waals surface area contributed by atoms with Gasteiger partial charge in [0, 0.05) is 22.2 Å². The van der Waals surface area contributed by atoms with E-state index in [0.29, 0.717) is 11.5 Å². The van der Waals surface area contributed by atoms with Gasteiger partial charge in [-0.3, -0.25) is 0 Å². The molecule has 0 aliphatic carbocycles. The number of benzene rings is 4. The van der Waals surface area contributed by atoms with E-state index >= 15 is 0 Å². The zero-order valence-electron chi connectivity index (χ0n) is 28.9. The number of fused-ring (bicyclic) bond motifs is 1. The van der Waals surface area contributed by atoms with Gasteiger partial charge in [-0.05, 0) is 85.3 Å². The second kappa shape index (κ2) is 18.1. The fourth-order valence-corrected chi connectivity index (χ4v) is 5.49. The lowest BCUT2D eigenvalue weighted by Crippen LogP contribution is -2.43. The number of nitrogens with two attached hydrogens (primary N) is 1. The van der Waals surface area contributed by atoms with Gasteiger partial charge in [0.1, 0.15) is 23.4 Å². The van der Waals surface area contributed by atoms with E-state index in [4.69, 9.17) is 19.9 Å². The Balaban J connectivity index is 0.000000243. The number of hydrogen-bond acceptors (Lipinski definition) is 13. The highest BCUT2D eigenvalue weighted by atomic mass is 32.1. The van der Waals surface area contributed by atoms with Crippen LogP contribution in [0.25, 0.3) is 10.8 Å². The third-order valence-corrected chi connectivity index (χ3v) is 8.38. The average molecular weight is 730 g/mol. The van der Waals surface area contributed by atoms with Crippen molar-refractivity contribution in [2.75, 3.05) is 14.2 Å². The van der Waals surface area contributed by atoms with Crippen molar-refractivity contribution in [2.24, 2.45) is 5.73 Å². The van der Waals surface area contributed by atoms with E-state index in [1.165, 1.54) is 73.0 Å². The molecule has 0 radical (unpaired) electrons. The Morgan fingerprint density at radius 3 is 1.65 bits per heavy atom. The minimum atomic E-state index is -2.46. The van der Waals surface area contributed by atoms with Gasteiger partial charge in [0.2, 0.25) is 0 Å². The van der Waals surface area contributed by atoms with Crippen LogP contribution in [0.3, 0.4) is 0 Å². The van der Waals surface area contributed by atoms with E-state index in [1.54, 1.807) is 11.3 Å². The maximum Gasteiger partial charge on any atom is 0.346 e. The van der Waals surface area contributed by atoms with Gasteiger partial charge in [-0.15, -0.1) is 11.3 Å². The molecule has 0 saturated carbocycles. The first-order chi connectivity index (χ1) is 24.8. The number of aliphatic hydroxyl groups excluding tert-OH is 2. The van der Waals surface area contributed by atoms with E-state index < -0.39 is 36.1 Å². The molecule has 13 heteroatoms. The average Bonchev–Trinajstić information content (AvgIpc) is 3.69. The zero-order valence-corrected chi connectivity index (χ0v) is 29.7. The highest BCUT2D eigenvalue weighted by molar-refractivity contribution is 7.10. The predicted octanol–water partition coefficient (Wildman–Crippen LogP) is 5.64. The number of methoxy groups -OCH3 is 2. The molecular formula is C39H39NO11S. The summed E-state index contributed by atoms with van der Waals surface area (Å²) in [5.41, 5.74) is 5.88. The fraction of sp³-hybridized carbons (Fsp3) is 0.231. The Hall–Kier alpha value is -5.60. The summed E-state index contributed by atoms with van der Waals surface area (Å²) in [4.78, 5) is 48.7. The summed E-state index contributed by atoms with van der Waals surface area (Å²) < 4.78 is 25.1. The fourth-order valence-electron chi connectivity index (χ4n) is 4.74. The lowest BCUT2D eigenvalue weighted by atomic mass is 9.97. The van der Waals surface area contributed by atoms with E-state index in [-0.39, 0.29) is 22.8 Å². The number of ether oxygens (including phenoxy) is 5. The van der Waals surface area contributed by atoms with E-state index in [1.807, 2.05) is 38.1 Å². The molecule has 0 spiro atoms. The van der Waals surface area contributed by atoms with E-state index in [9.17, 15) is 29.4 Å². The minimum absolute atomic E-state index is 0.0224. The van der Waals surface area contributed by atoms with Crippen molar-refractivity contribution in [3.05, 3.63) is 125 Å². The third kappa shape index (κ3) is 10.9. The SMILES string of the molecule is CC(C)(N)CC(Oc1cccc2ccccc12)c1cccs1.COc1ccc(C(=O)OC(=O)C(O)C(O)C(=O)OC(=O)c2ccc(OC)cc2)cc1. The van der Waals surface area contributed by atoms with Crippen LogP contribution in [-0.2, 0) is 19.1 Å². The summed E-state index contributed by atoms with van der Waals surface area (Å²) >= 11 is 1.72. The van der Waals surface area contributed by atoms with Crippen molar-refractivity contribution in [1.82, 2.24) is 0 Å². The van der Waals surface area contributed by atoms with Crippen molar-refractivity contribution in [3.8, 4) is 17.2 Å². The van der Waals surface area contributed by atoms with Gasteiger partial charge in [-0.1, -0.05) is 42.5 Å². The van der Waals surface area contributed by atoms with Crippen LogP contribution in [0.2, 0.25) is 0 Å². The second-order valence-corrected chi connectivity index (χ2v) is 13.0. The van der Waals surface area contributed by atoms with Crippen molar-refractivity contribution in [3.63, 3.8) is 0 Å². The number of thiophene rings is 1. The van der Waals surface area contributed by atoms with Crippen molar-refractivity contribution >= 4 is 46.0 Å². The van der Waals surface area contributed by atoms with Crippen LogP contribution < -0.4 is 19.9 Å². The van der Waals surface area contributed by atoms with Crippen LogP contribution in [0.5, 0.6) is 17.2 Å². The summed E-state index contributed by atoms with van der Waals surface area (Å²) in [5.74, 6) is -3.63. The van der Waals surface area contributed by atoms with Crippen molar-refractivity contribution in [2.45, 2.75) is 44.1 Å². The van der Waals surface area contributed by atoms with Crippen LogP contribution in [-0.4, -0.2) is 66.1 Å². The van der Waals surface area contributed by atoms with Gasteiger partial charge in [0.15, 0.2) is 12.2 Å². The number of carbonyl (C=O) groups excluding carboxylic acids is 4. The molecule has 272 valence electrons. The highest BCUT2D eigenvalue weighted by Gasteiger charge is 2.35. The van der Waals surface area contributed by atoms with Gasteiger partial charge < -0.3 is 39.6 Å². The summed E-state index contributed by atoms with van der Waals surface area (Å²) in [7, 11) is 2.85. The Morgan fingerprint density at radius 2 is 1.19 bits per heavy atom. The molecule has 4 aromatic carbocycles. The van der Waals surface area contributed by atoms with Gasteiger partial charge in [-0.25, -0.2) is 19.2 Å². The minimum Gasteiger partial charge on any atom is -0.497 e. The quantitative estimate of drug-likeness (QED) is 0.106. The molecule has 5 aromatic rings. The molecule has 0 aliphatic heterocycles. The maximum atomic E-state index is 11.9. The Labute approximate surface area is 304 Å². The molecule has 0 bridgehead atoms. The molecular weight excluding hydrogens is 690 g/mol. The first-order valence-corrected chi connectivity index (χ1v) is 16.8. The number of rotatable bonds is 12. The molecule has 1 aromatic heterocycles. The van der Waals surface area contributed by atoms with Gasteiger partial charge >= 0.3 is 23.9 Å². The zero-order chi connectivity index (χ0) is 37.8. The third-order valence-electron chi connectivity index (χ3n) is 7.41. The van der Waals surface area contributed by atoms with Crippen LogP contribution in [0, 0.1) is 0 Å². The number of carbonyl (C=O) groups is 4. The number of esters is 4. The van der Waals surface area contributed by atoms with Crippen LogP contribution >= 0.6 is 11.3 Å². The maximum absolute atomic E-state index is 11.9. The highest BCUT2D eigenvalue weighted by Crippen LogP contribution is 2.34. The predicted molar refractivity (Wildman–Crippen MR) is 193 cm³/mol. The summed E-state index contributed by atoms with van der Waals surface area (Å²) in [6.45, 7) is 4.08. The number of hydrogen-bond donors (Lipinski definition) is 3. The molecule has 3 atom stereocenters. The molecule has 1 heterocycles. The van der Waals surface area contributed by atoms with Gasteiger partial charge in [0.05, 0.1) is 25.3 Å². The largest absolute Gasteiger partial charge is 0.497 e. The van der Waals surface area contributed by atoms with E-state index in [2.05, 4.69) is 45.2 Å². The molecule has 0 saturated heterocycles. The van der Waals surface area contributed by atoms with Gasteiger partial charge in [-0.2, -0.15) is 0 Å². The summed E-state index contributed by atoms with van der Waals surface area (Å²) in [6, 6.07) is 29.6. The lowest BCUT2D eigenvalue weighted by molar-refractivity contribution is -0.166. The molecule has 12 nitrogen and oxygen atoms in total. The Bertz CT molecular complexity index is 1870. The van der Waals surface area contributed by atoms with E-state index in [0.717, 1.165) is 17.6 Å². The molecule has 3 unspecified atom stereocenters. The Morgan fingerprint density at radius 1 is 0.692 bits per heavy atom. The second-order valence-electron chi connectivity index (χ2n) is 12.1. The Kier molecular flexibility index (Phi) is 13.6. The monoisotopic (exact) mass is 729 g/mol. The normalized spacial score (nSPS) is 12.7. The van der Waals surface area contributed by atoms with Gasteiger partial charge in [0.25, 0.3) is 0 Å². The molecule has 0 aliphatic rings. The smallest absolute Gasteiger partial charge is 0.346 e. The molecule has 0 fully saturated rings. The first kappa shape index (κ1) is 39.2. The molecule has 4 N–H and O–H groups in total. The van der Waals surface area contributed by atoms with Crippen molar-refractivity contribution < 1.29 is 53.1 Å². The number of aliphatic hydroxyl groups is 2. The summed E-state index contributed by atoms with van der Waals surface area (Å²) in [6.07, 6.45) is -4.16.